The molecule has 0 fully saturated rings. The average Bonchev–Trinajstić information content (AvgIpc) is 2.59. The molecule has 0 aromatic carbocycles. The molecule has 90 valence electrons. The second-order valence-corrected chi connectivity index (χ2v) is 10.5. The van der Waals surface area contributed by atoms with Crippen molar-refractivity contribution in [1.29, 1.82) is 0 Å². The zero-order valence-corrected chi connectivity index (χ0v) is 10.9. The van der Waals surface area contributed by atoms with Crippen LogP contribution in [0.15, 0.2) is 12.3 Å². The fraction of sp³-hybridized carbons (Fsp3) is 0.600. The molecule has 0 saturated heterocycles. The molecular weight excluding hydrogens is 224 g/mol. The van der Waals surface area contributed by atoms with Crippen molar-refractivity contribution in [2.75, 3.05) is 6.61 Å². The SMILES string of the molecule is C[Si](C)(C)CCOCn1ccc(C(=O)O)n1. The third-order valence-electron chi connectivity index (χ3n) is 2.08. The Hall–Kier alpha value is -1.14. The van der Waals surface area contributed by atoms with E-state index in [1.54, 1.807) is 6.20 Å². The smallest absolute Gasteiger partial charge is 0.356 e. The number of rotatable bonds is 6. The minimum Gasteiger partial charge on any atom is -0.476 e. The summed E-state index contributed by atoms with van der Waals surface area (Å²) in [5, 5.41) is 12.5. The van der Waals surface area contributed by atoms with Gasteiger partial charge in [0.1, 0.15) is 6.73 Å². The van der Waals surface area contributed by atoms with Crippen molar-refractivity contribution in [2.45, 2.75) is 32.4 Å². The van der Waals surface area contributed by atoms with Crippen LogP contribution in [-0.4, -0.2) is 35.5 Å². The van der Waals surface area contributed by atoms with Crippen LogP contribution in [0.5, 0.6) is 0 Å². The highest BCUT2D eigenvalue weighted by Gasteiger charge is 2.12. The van der Waals surface area contributed by atoms with Crippen LogP contribution in [0.4, 0.5) is 0 Å². The van der Waals surface area contributed by atoms with Crippen LogP contribution in [0.25, 0.3) is 0 Å². The second-order valence-electron chi connectivity index (χ2n) is 4.89. The average molecular weight is 242 g/mol. The summed E-state index contributed by atoms with van der Waals surface area (Å²) in [7, 11) is -1.06. The van der Waals surface area contributed by atoms with Crippen molar-refractivity contribution in [3.05, 3.63) is 18.0 Å². The van der Waals surface area contributed by atoms with E-state index in [1.807, 2.05) is 0 Å². The zero-order chi connectivity index (χ0) is 12.2. The van der Waals surface area contributed by atoms with E-state index in [9.17, 15) is 4.79 Å². The molecule has 0 bridgehead atoms. The summed E-state index contributed by atoms with van der Waals surface area (Å²) in [4.78, 5) is 10.6. The Morgan fingerprint density at radius 1 is 1.56 bits per heavy atom. The van der Waals surface area contributed by atoms with Crippen molar-refractivity contribution in [3.8, 4) is 0 Å². The van der Waals surface area contributed by atoms with E-state index in [2.05, 4.69) is 24.7 Å². The van der Waals surface area contributed by atoms with Gasteiger partial charge in [-0.2, -0.15) is 5.10 Å². The van der Waals surface area contributed by atoms with Gasteiger partial charge in [0.2, 0.25) is 0 Å². The number of nitrogens with zero attached hydrogens (tertiary/aromatic N) is 2. The quantitative estimate of drug-likeness (QED) is 0.611. The molecule has 0 amide bonds. The van der Waals surface area contributed by atoms with E-state index < -0.39 is 14.0 Å². The Kier molecular flexibility index (Phi) is 4.25. The monoisotopic (exact) mass is 242 g/mol. The summed E-state index contributed by atoms with van der Waals surface area (Å²) >= 11 is 0. The minimum absolute atomic E-state index is 0.0498. The maximum atomic E-state index is 10.6. The van der Waals surface area contributed by atoms with Gasteiger partial charge in [0, 0.05) is 20.9 Å². The first-order chi connectivity index (χ1) is 7.38. The van der Waals surface area contributed by atoms with Crippen molar-refractivity contribution in [3.63, 3.8) is 0 Å². The van der Waals surface area contributed by atoms with E-state index in [1.165, 1.54) is 10.7 Å². The van der Waals surface area contributed by atoms with E-state index in [0.717, 1.165) is 6.04 Å². The lowest BCUT2D eigenvalue weighted by Gasteiger charge is -2.15. The van der Waals surface area contributed by atoms with Crippen LogP contribution in [0.3, 0.4) is 0 Å². The molecule has 6 heteroatoms. The lowest BCUT2D eigenvalue weighted by molar-refractivity contribution is 0.0671. The number of aromatic nitrogens is 2. The van der Waals surface area contributed by atoms with Gasteiger partial charge in [-0.25, -0.2) is 9.48 Å². The lowest BCUT2D eigenvalue weighted by Crippen LogP contribution is -2.22. The minimum atomic E-state index is -1.06. The third-order valence-corrected chi connectivity index (χ3v) is 3.78. The Morgan fingerprint density at radius 2 is 2.25 bits per heavy atom. The highest BCUT2D eigenvalue weighted by atomic mass is 28.3. The van der Waals surface area contributed by atoms with Gasteiger partial charge < -0.3 is 9.84 Å². The molecule has 0 saturated carbocycles. The predicted octanol–water partition coefficient (Wildman–Crippen LogP) is 1.89. The van der Waals surface area contributed by atoms with Gasteiger partial charge in [0.15, 0.2) is 5.69 Å². The number of carboxylic acid groups (broad SMARTS) is 1. The first-order valence-electron chi connectivity index (χ1n) is 5.23. The third kappa shape index (κ3) is 4.58. The largest absolute Gasteiger partial charge is 0.476 e. The second kappa shape index (κ2) is 5.27. The van der Waals surface area contributed by atoms with E-state index >= 15 is 0 Å². The Bertz CT molecular complexity index is 357. The number of ether oxygens (including phenoxy) is 1. The lowest BCUT2D eigenvalue weighted by atomic mass is 10.5. The van der Waals surface area contributed by atoms with Crippen molar-refractivity contribution < 1.29 is 14.6 Å². The molecule has 0 radical (unpaired) electrons. The van der Waals surface area contributed by atoms with Crippen LogP contribution in [0.1, 0.15) is 10.5 Å². The summed E-state index contributed by atoms with van der Waals surface area (Å²) in [6.07, 6.45) is 1.61. The molecule has 1 aromatic heterocycles. The number of hydrogen-bond acceptors (Lipinski definition) is 3. The number of aromatic carboxylic acids is 1. The molecule has 16 heavy (non-hydrogen) atoms. The first-order valence-corrected chi connectivity index (χ1v) is 8.94. The normalized spacial score (nSPS) is 11.7. The predicted molar refractivity (Wildman–Crippen MR) is 63.3 cm³/mol. The molecule has 1 heterocycles. The van der Waals surface area contributed by atoms with Crippen LogP contribution < -0.4 is 0 Å². The summed E-state index contributed by atoms with van der Waals surface area (Å²) in [6, 6.07) is 2.56. The highest BCUT2D eigenvalue weighted by Crippen LogP contribution is 2.07. The van der Waals surface area contributed by atoms with Gasteiger partial charge in [-0.3, -0.25) is 0 Å². The fourth-order valence-corrected chi connectivity index (χ4v) is 1.84. The summed E-state index contributed by atoms with van der Waals surface area (Å²) in [5.41, 5.74) is 0.0498. The molecule has 1 N–H and O–H groups in total. The molecule has 0 spiro atoms. The van der Waals surface area contributed by atoms with Gasteiger partial charge in [-0.1, -0.05) is 19.6 Å². The molecule has 1 aromatic rings. The van der Waals surface area contributed by atoms with Gasteiger partial charge in [-0.15, -0.1) is 0 Å². The van der Waals surface area contributed by atoms with Crippen molar-refractivity contribution >= 4 is 14.0 Å². The molecule has 0 aliphatic heterocycles. The number of carboxylic acids is 1. The van der Waals surface area contributed by atoms with Crippen molar-refractivity contribution in [2.24, 2.45) is 0 Å². The molecule has 1 rings (SSSR count). The summed E-state index contributed by atoms with van der Waals surface area (Å²) in [6.45, 7) is 7.88. The maximum Gasteiger partial charge on any atom is 0.356 e. The number of carbonyl (C=O) groups is 1. The standard InChI is InChI=1S/C10H18N2O3Si/c1-16(2,3)7-6-15-8-12-5-4-9(11-12)10(13)14/h4-5H,6-8H2,1-3H3,(H,13,14). The Balaban J connectivity index is 2.30. The van der Waals surface area contributed by atoms with Crippen LogP contribution in [0.2, 0.25) is 25.7 Å². The van der Waals surface area contributed by atoms with Crippen LogP contribution in [-0.2, 0) is 11.5 Å². The van der Waals surface area contributed by atoms with Crippen molar-refractivity contribution in [1.82, 2.24) is 9.78 Å². The van der Waals surface area contributed by atoms with Gasteiger partial charge in [0.25, 0.3) is 0 Å². The van der Waals surface area contributed by atoms with E-state index in [-0.39, 0.29) is 5.69 Å². The zero-order valence-electron chi connectivity index (χ0n) is 9.93. The summed E-state index contributed by atoms with van der Waals surface area (Å²) in [5.74, 6) is -1.01. The van der Waals surface area contributed by atoms with Gasteiger partial charge in [0.05, 0.1) is 0 Å². The molecule has 5 nitrogen and oxygen atoms in total. The highest BCUT2D eigenvalue weighted by molar-refractivity contribution is 6.76. The van der Waals surface area contributed by atoms with Crippen LogP contribution >= 0.6 is 0 Å². The molecule has 0 unspecified atom stereocenters. The van der Waals surface area contributed by atoms with Crippen LogP contribution in [0, 0.1) is 0 Å². The summed E-state index contributed by atoms with van der Waals surface area (Å²) < 4.78 is 6.92. The Labute approximate surface area is 96.0 Å². The van der Waals surface area contributed by atoms with Gasteiger partial charge in [-0.05, 0) is 12.1 Å². The molecule has 0 atom stereocenters. The van der Waals surface area contributed by atoms with Gasteiger partial charge >= 0.3 is 5.97 Å². The molecular formula is C10H18N2O3Si. The molecule has 0 aliphatic rings. The first kappa shape index (κ1) is 12.9. The topological polar surface area (TPSA) is 64.3 Å². The fourth-order valence-electron chi connectivity index (χ4n) is 1.08. The Morgan fingerprint density at radius 3 is 2.75 bits per heavy atom. The number of hydrogen-bond donors (Lipinski definition) is 1. The van der Waals surface area contributed by atoms with E-state index in [4.69, 9.17) is 9.84 Å². The maximum absolute atomic E-state index is 10.6. The van der Waals surface area contributed by atoms with E-state index in [0.29, 0.717) is 13.3 Å². The molecule has 0 aliphatic carbocycles.